The largest absolute Gasteiger partial charge is 0.313 e. The Bertz CT molecular complexity index is 485. The summed E-state index contributed by atoms with van der Waals surface area (Å²) in [6.07, 6.45) is 5.76. The van der Waals surface area contributed by atoms with Gasteiger partial charge in [-0.3, -0.25) is 4.98 Å². The first-order valence-corrected chi connectivity index (χ1v) is 6.49. The third-order valence-corrected chi connectivity index (χ3v) is 3.28. The van der Waals surface area contributed by atoms with E-state index in [0.717, 1.165) is 17.9 Å². The van der Waals surface area contributed by atoms with Gasteiger partial charge in [0.1, 0.15) is 0 Å². The van der Waals surface area contributed by atoms with Crippen molar-refractivity contribution in [3.63, 3.8) is 0 Å². The summed E-state index contributed by atoms with van der Waals surface area (Å²) in [7, 11) is 1.98. The van der Waals surface area contributed by atoms with Gasteiger partial charge in [0.15, 0.2) is 0 Å². The van der Waals surface area contributed by atoms with Crippen LogP contribution in [0.1, 0.15) is 23.6 Å². The summed E-state index contributed by atoms with van der Waals surface area (Å²) >= 11 is 6.03. The summed E-state index contributed by atoms with van der Waals surface area (Å²) in [6.45, 7) is 0. The maximum absolute atomic E-state index is 6.03. The van der Waals surface area contributed by atoms with Gasteiger partial charge in [0.05, 0.1) is 0 Å². The molecule has 0 aliphatic heterocycles. The minimum Gasteiger partial charge on any atom is -0.313 e. The summed E-state index contributed by atoms with van der Waals surface area (Å²) in [5.41, 5.74) is 2.49. The Kier molecular flexibility index (Phi) is 4.73. The van der Waals surface area contributed by atoms with Crippen LogP contribution < -0.4 is 5.32 Å². The summed E-state index contributed by atoms with van der Waals surface area (Å²) in [5.74, 6) is 0. The molecule has 0 aliphatic carbocycles. The molecule has 0 amide bonds. The molecule has 1 aromatic heterocycles. The second kappa shape index (κ2) is 6.53. The van der Waals surface area contributed by atoms with E-state index in [2.05, 4.69) is 22.4 Å². The molecule has 1 heterocycles. The average molecular weight is 261 g/mol. The highest BCUT2D eigenvalue weighted by atomic mass is 35.5. The van der Waals surface area contributed by atoms with Crippen LogP contribution in [0.5, 0.6) is 0 Å². The molecule has 0 spiro atoms. The zero-order valence-corrected chi connectivity index (χ0v) is 11.2. The number of benzene rings is 1. The van der Waals surface area contributed by atoms with Crippen molar-refractivity contribution in [2.75, 3.05) is 7.05 Å². The van der Waals surface area contributed by atoms with Gasteiger partial charge in [0.2, 0.25) is 0 Å². The molecule has 3 heteroatoms. The van der Waals surface area contributed by atoms with Crippen molar-refractivity contribution in [1.29, 1.82) is 0 Å². The second-order valence-electron chi connectivity index (χ2n) is 4.30. The van der Waals surface area contributed by atoms with Crippen LogP contribution in [0.25, 0.3) is 0 Å². The topological polar surface area (TPSA) is 24.9 Å². The molecule has 18 heavy (non-hydrogen) atoms. The van der Waals surface area contributed by atoms with Crippen molar-refractivity contribution in [3.05, 3.63) is 64.9 Å². The number of hydrogen-bond acceptors (Lipinski definition) is 2. The predicted molar refractivity (Wildman–Crippen MR) is 75.8 cm³/mol. The maximum atomic E-state index is 6.03. The minimum atomic E-state index is 0.323. The molecule has 2 aromatic rings. The lowest BCUT2D eigenvalue weighted by Gasteiger charge is -2.16. The highest BCUT2D eigenvalue weighted by Gasteiger charge is 2.09. The number of nitrogens with zero attached hydrogens (tertiary/aromatic N) is 1. The van der Waals surface area contributed by atoms with E-state index in [0.29, 0.717) is 6.04 Å². The van der Waals surface area contributed by atoms with Crippen LogP contribution in [0.15, 0.2) is 48.8 Å². The summed E-state index contributed by atoms with van der Waals surface area (Å²) in [6, 6.07) is 12.4. The van der Waals surface area contributed by atoms with Gasteiger partial charge in [-0.05, 0) is 49.2 Å². The molecule has 0 saturated heterocycles. The molecule has 0 fully saturated rings. The van der Waals surface area contributed by atoms with E-state index in [9.17, 15) is 0 Å². The monoisotopic (exact) mass is 260 g/mol. The Morgan fingerprint density at radius 2 is 2.17 bits per heavy atom. The fraction of sp³-hybridized carbons (Fsp3) is 0.267. The normalized spacial score (nSPS) is 12.3. The lowest BCUT2D eigenvalue weighted by molar-refractivity contribution is 0.549. The van der Waals surface area contributed by atoms with Crippen LogP contribution in [0.2, 0.25) is 5.02 Å². The number of pyridine rings is 1. The van der Waals surface area contributed by atoms with Gasteiger partial charge in [-0.25, -0.2) is 0 Å². The van der Waals surface area contributed by atoms with Crippen molar-refractivity contribution in [2.45, 2.75) is 18.9 Å². The zero-order valence-electron chi connectivity index (χ0n) is 10.4. The van der Waals surface area contributed by atoms with E-state index in [1.165, 1.54) is 11.1 Å². The van der Waals surface area contributed by atoms with Gasteiger partial charge in [-0.15, -0.1) is 0 Å². The van der Waals surface area contributed by atoms with Crippen molar-refractivity contribution < 1.29 is 0 Å². The fourth-order valence-corrected chi connectivity index (χ4v) is 2.26. The highest BCUT2D eigenvalue weighted by Crippen LogP contribution is 2.21. The number of halogens is 1. The quantitative estimate of drug-likeness (QED) is 0.888. The third-order valence-electron chi connectivity index (χ3n) is 3.04. The van der Waals surface area contributed by atoms with Crippen LogP contribution in [-0.4, -0.2) is 12.0 Å². The summed E-state index contributed by atoms with van der Waals surface area (Å²) in [5, 5.41) is 4.12. The molecule has 1 atom stereocenters. The molecule has 1 unspecified atom stereocenters. The molecule has 0 bridgehead atoms. The Labute approximate surface area is 113 Å². The highest BCUT2D eigenvalue weighted by molar-refractivity contribution is 6.30. The Balaban J connectivity index is 2.02. The van der Waals surface area contributed by atoms with Gasteiger partial charge in [-0.1, -0.05) is 29.8 Å². The van der Waals surface area contributed by atoms with E-state index >= 15 is 0 Å². The number of aryl methyl sites for hydroxylation is 1. The van der Waals surface area contributed by atoms with E-state index in [4.69, 9.17) is 11.6 Å². The van der Waals surface area contributed by atoms with E-state index < -0.39 is 0 Å². The smallest absolute Gasteiger partial charge is 0.0409 e. The molecule has 0 saturated carbocycles. The van der Waals surface area contributed by atoms with Gasteiger partial charge >= 0.3 is 0 Å². The Morgan fingerprint density at radius 1 is 1.28 bits per heavy atom. The lowest BCUT2D eigenvalue weighted by Crippen LogP contribution is -2.17. The first-order chi connectivity index (χ1) is 8.79. The molecule has 2 rings (SSSR count). The number of hydrogen-bond donors (Lipinski definition) is 1. The van der Waals surface area contributed by atoms with Crippen molar-refractivity contribution in [2.24, 2.45) is 0 Å². The second-order valence-corrected chi connectivity index (χ2v) is 4.73. The first-order valence-electron chi connectivity index (χ1n) is 6.11. The summed E-state index contributed by atoms with van der Waals surface area (Å²) < 4.78 is 0. The molecule has 1 aromatic carbocycles. The Morgan fingerprint density at radius 3 is 2.83 bits per heavy atom. The van der Waals surface area contributed by atoms with Gasteiger partial charge < -0.3 is 5.32 Å². The van der Waals surface area contributed by atoms with E-state index in [-0.39, 0.29) is 0 Å². The number of rotatable bonds is 5. The molecular weight excluding hydrogens is 244 g/mol. The number of nitrogens with one attached hydrogen (secondary N) is 1. The van der Waals surface area contributed by atoms with Crippen LogP contribution in [0.3, 0.4) is 0 Å². The fourth-order valence-electron chi connectivity index (χ4n) is 2.06. The van der Waals surface area contributed by atoms with Crippen molar-refractivity contribution in [1.82, 2.24) is 10.3 Å². The van der Waals surface area contributed by atoms with E-state index in [1.807, 2.05) is 37.5 Å². The minimum absolute atomic E-state index is 0.323. The molecule has 2 nitrogen and oxygen atoms in total. The van der Waals surface area contributed by atoms with Crippen molar-refractivity contribution >= 4 is 11.6 Å². The van der Waals surface area contributed by atoms with Crippen LogP contribution in [-0.2, 0) is 6.42 Å². The van der Waals surface area contributed by atoms with Gasteiger partial charge in [0, 0.05) is 23.5 Å². The maximum Gasteiger partial charge on any atom is 0.0409 e. The first kappa shape index (κ1) is 13.1. The molecule has 94 valence electrons. The predicted octanol–water partition coefficient (Wildman–Crippen LogP) is 3.63. The zero-order chi connectivity index (χ0) is 12.8. The SMILES string of the molecule is CNC(CCc1cccnc1)c1cccc(Cl)c1. The standard InChI is InChI=1S/C15H17ClN2/c1-17-15(13-5-2-6-14(16)10-13)8-7-12-4-3-9-18-11-12/h2-6,9-11,15,17H,7-8H2,1H3. The third kappa shape index (κ3) is 3.56. The molecule has 0 aliphatic rings. The van der Waals surface area contributed by atoms with Crippen LogP contribution >= 0.6 is 11.6 Å². The van der Waals surface area contributed by atoms with E-state index in [1.54, 1.807) is 6.20 Å². The molecule has 1 N–H and O–H groups in total. The number of aromatic nitrogens is 1. The average Bonchev–Trinajstić information content (AvgIpc) is 2.41. The van der Waals surface area contributed by atoms with Crippen LogP contribution in [0.4, 0.5) is 0 Å². The van der Waals surface area contributed by atoms with Crippen LogP contribution in [0, 0.1) is 0 Å². The van der Waals surface area contributed by atoms with Gasteiger partial charge in [-0.2, -0.15) is 0 Å². The summed E-state index contributed by atoms with van der Waals surface area (Å²) in [4.78, 5) is 4.13. The van der Waals surface area contributed by atoms with Crippen molar-refractivity contribution in [3.8, 4) is 0 Å². The Hall–Kier alpha value is -1.38. The van der Waals surface area contributed by atoms with Gasteiger partial charge in [0.25, 0.3) is 0 Å². The lowest BCUT2D eigenvalue weighted by atomic mass is 10.00. The molecular formula is C15H17ClN2. The molecule has 0 radical (unpaired) electrons.